The molecule has 2 rings (SSSR count). The molecule has 1 aromatic carbocycles. The normalized spacial score (nSPS) is 11.6. The molecular weight excluding hydrogens is 305 g/mol. The van der Waals surface area contributed by atoms with E-state index in [1.165, 1.54) is 0 Å². The van der Waals surface area contributed by atoms with Crippen molar-refractivity contribution < 1.29 is 17.9 Å². The van der Waals surface area contributed by atoms with Crippen molar-refractivity contribution in [3.8, 4) is 11.6 Å². The van der Waals surface area contributed by atoms with Crippen LogP contribution in [-0.2, 0) is 6.18 Å². The number of alkyl halides is 3. The van der Waals surface area contributed by atoms with E-state index in [9.17, 15) is 13.2 Å². The van der Waals surface area contributed by atoms with Gasteiger partial charge in [0.1, 0.15) is 5.75 Å². The second-order valence-corrected chi connectivity index (χ2v) is 5.00. The Labute approximate surface area is 124 Å². The standard InChI is InChI=1S/C14H12ClF3N2O/c1-7-4-8(2)9(3)10(5-7)21-12-6-11(14(16,17)18)19-13(15)20-12/h4-6H,1-3H3. The number of ether oxygens (including phenoxy) is 1. The molecule has 0 saturated carbocycles. The van der Waals surface area contributed by atoms with Crippen molar-refractivity contribution >= 4 is 11.6 Å². The van der Waals surface area contributed by atoms with E-state index >= 15 is 0 Å². The number of aryl methyl sites for hydroxylation is 2. The fourth-order valence-corrected chi connectivity index (χ4v) is 1.99. The summed E-state index contributed by atoms with van der Waals surface area (Å²) in [5.41, 5.74) is 1.59. The van der Waals surface area contributed by atoms with Crippen LogP contribution in [0.4, 0.5) is 13.2 Å². The lowest BCUT2D eigenvalue weighted by atomic mass is 10.1. The summed E-state index contributed by atoms with van der Waals surface area (Å²) in [4.78, 5) is 6.83. The highest BCUT2D eigenvalue weighted by molar-refractivity contribution is 6.28. The largest absolute Gasteiger partial charge is 0.439 e. The van der Waals surface area contributed by atoms with Crippen LogP contribution in [0.3, 0.4) is 0 Å². The van der Waals surface area contributed by atoms with Gasteiger partial charge in [0.15, 0.2) is 5.69 Å². The molecule has 0 fully saturated rings. The van der Waals surface area contributed by atoms with Crippen LogP contribution < -0.4 is 4.74 Å². The Morgan fingerprint density at radius 2 is 1.71 bits per heavy atom. The van der Waals surface area contributed by atoms with Crippen LogP contribution in [0.2, 0.25) is 5.28 Å². The van der Waals surface area contributed by atoms with Crippen molar-refractivity contribution in [3.05, 3.63) is 45.9 Å². The van der Waals surface area contributed by atoms with Crippen LogP contribution in [0, 0.1) is 20.8 Å². The quantitative estimate of drug-likeness (QED) is 0.742. The molecule has 0 bridgehead atoms. The molecule has 0 atom stereocenters. The van der Waals surface area contributed by atoms with Gasteiger partial charge in [0.2, 0.25) is 11.2 Å². The molecule has 1 aromatic heterocycles. The Morgan fingerprint density at radius 1 is 1.05 bits per heavy atom. The Bertz CT molecular complexity index is 687. The third-order valence-corrected chi connectivity index (χ3v) is 3.11. The van der Waals surface area contributed by atoms with Gasteiger partial charge in [-0.1, -0.05) is 6.07 Å². The van der Waals surface area contributed by atoms with Crippen molar-refractivity contribution in [1.29, 1.82) is 0 Å². The predicted molar refractivity (Wildman–Crippen MR) is 72.8 cm³/mol. The Kier molecular flexibility index (Phi) is 4.09. The number of benzene rings is 1. The molecule has 0 aliphatic rings. The zero-order valence-corrected chi connectivity index (χ0v) is 12.3. The average molecular weight is 317 g/mol. The molecule has 0 amide bonds. The summed E-state index contributed by atoms with van der Waals surface area (Å²) >= 11 is 5.52. The first-order valence-electron chi connectivity index (χ1n) is 6.04. The molecule has 0 aliphatic carbocycles. The summed E-state index contributed by atoms with van der Waals surface area (Å²) in [7, 11) is 0. The van der Waals surface area contributed by atoms with E-state index in [2.05, 4.69) is 9.97 Å². The molecule has 1 heterocycles. The topological polar surface area (TPSA) is 35.0 Å². The van der Waals surface area contributed by atoms with Crippen LogP contribution in [0.25, 0.3) is 0 Å². The Morgan fingerprint density at radius 3 is 2.33 bits per heavy atom. The maximum absolute atomic E-state index is 12.7. The molecule has 0 N–H and O–H groups in total. The van der Waals surface area contributed by atoms with Gasteiger partial charge in [0.25, 0.3) is 0 Å². The molecule has 0 saturated heterocycles. The van der Waals surface area contributed by atoms with E-state index in [0.29, 0.717) is 5.75 Å². The van der Waals surface area contributed by atoms with Crippen molar-refractivity contribution in [2.24, 2.45) is 0 Å². The minimum absolute atomic E-state index is 0.240. The van der Waals surface area contributed by atoms with Gasteiger partial charge >= 0.3 is 6.18 Å². The lowest BCUT2D eigenvalue weighted by Gasteiger charge is -2.13. The van der Waals surface area contributed by atoms with Gasteiger partial charge in [-0.05, 0) is 55.1 Å². The second-order valence-electron chi connectivity index (χ2n) is 4.67. The molecule has 21 heavy (non-hydrogen) atoms. The van der Waals surface area contributed by atoms with Gasteiger partial charge in [0, 0.05) is 6.07 Å². The highest BCUT2D eigenvalue weighted by Gasteiger charge is 2.34. The van der Waals surface area contributed by atoms with Gasteiger partial charge in [-0.15, -0.1) is 0 Å². The lowest BCUT2D eigenvalue weighted by Crippen LogP contribution is -2.09. The van der Waals surface area contributed by atoms with E-state index < -0.39 is 17.2 Å². The second kappa shape index (κ2) is 5.52. The molecule has 0 aliphatic heterocycles. The summed E-state index contributed by atoms with van der Waals surface area (Å²) in [5.74, 6) is 0.200. The molecule has 0 unspecified atom stereocenters. The number of hydrogen-bond donors (Lipinski definition) is 0. The molecule has 7 heteroatoms. The van der Waals surface area contributed by atoms with Crippen LogP contribution in [0.15, 0.2) is 18.2 Å². The van der Waals surface area contributed by atoms with Crippen LogP contribution in [0.5, 0.6) is 11.6 Å². The highest BCUT2D eigenvalue weighted by atomic mass is 35.5. The number of rotatable bonds is 2. The van der Waals surface area contributed by atoms with E-state index in [4.69, 9.17) is 16.3 Å². The van der Waals surface area contributed by atoms with Crippen molar-refractivity contribution in [3.63, 3.8) is 0 Å². The van der Waals surface area contributed by atoms with Gasteiger partial charge in [-0.3, -0.25) is 0 Å². The fourth-order valence-electron chi connectivity index (χ4n) is 1.81. The van der Waals surface area contributed by atoms with Crippen molar-refractivity contribution in [2.45, 2.75) is 26.9 Å². The maximum Gasteiger partial charge on any atom is 0.433 e. The molecule has 0 spiro atoms. The third-order valence-electron chi connectivity index (χ3n) is 2.94. The first kappa shape index (κ1) is 15.6. The van der Waals surface area contributed by atoms with Crippen molar-refractivity contribution in [2.75, 3.05) is 0 Å². The minimum Gasteiger partial charge on any atom is -0.439 e. The molecular formula is C14H12ClF3N2O. The number of halogens is 4. The zero-order valence-electron chi connectivity index (χ0n) is 11.5. The smallest absolute Gasteiger partial charge is 0.433 e. The van der Waals surface area contributed by atoms with Crippen LogP contribution >= 0.6 is 11.6 Å². The predicted octanol–water partition coefficient (Wildman–Crippen LogP) is 4.87. The van der Waals surface area contributed by atoms with Crippen molar-refractivity contribution in [1.82, 2.24) is 9.97 Å². The fraction of sp³-hybridized carbons (Fsp3) is 0.286. The number of aromatic nitrogens is 2. The summed E-state index contributed by atoms with van der Waals surface area (Å²) in [5, 5.41) is -0.512. The first-order chi connectivity index (χ1) is 9.66. The Hall–Kier alpha value is -1.82. The first-order valence-corrected chi connectivity index (χ1v) is 6.42. The average Bonchev–Trinajstić information content (AvgIpc) is 2.33. The molecule has 112 valence electrons. The Balaban J connectivity index is 2.43. The van der Waals surface area contributed by atoms with E-state index in [1.54, 1.807) is 6.07 Å². The minimum atomic E-state index is -4.61. The number of nitrogens with zero attached hydrogens (tertiary/aromatic N) is 2. The highest BCUT2D eigenvalue weighted by Crippen LogP contribution is 2.33. The summed E-state index contributed by atoms with van der Waals surface area (Å²) in [6, 6.07) is 4.41. The van der Waals surface area contributed by atoms with E-state index in [-0.39, 0.29) is 5.88 Å². The molecule has 0 radical (unpaired) electrons. The number of hydrogen-bond acceptors (Lipinski definition) is 3. The van der Waals surface area contributed by atoms with Crippen LogP contribution in [-0.4, -0.2) is 9.97 Å². The SMILES string of the molecule is Cc1cc(C)c(C)c(Oc2cc(C(F)(F)F)nc(Cl)n2)c1. The zero-order chi connectivity index (χ0) is 15.8. The van der Waals surface area contributed by atoms with Crippen LogP contribution in [0.1, 0.15) is 22.4 Å². The molecule has 2 aromatic rings. The summed E-state index contributed by atoms with van der Waals surface area (Å²) in [6.45, 7) is 5.58. The van der Waals surface area contributed by atoms with Gasteiger partial charge in [-0.2, -0.15) is 18.2 Å². The van der Waals surface area contributed by atoms with E-state index in [0.717, 1.165) is 22.8 Å². The third kappa shape index (κ3) is 3.64. The summed E-state index contributed by atoms with van der Waals surface area (Å²) < 4.78 is 43.5. The van der Waals surface area contributed by atoms with Gasteiger partial charge < -0.3 is 4.74 Å². The monoisotopic (exact) mass is 316 g/mol. The van der Waals surface area contributed by atoms with Gasteiger partial charge in [-0.25, -0.2) is 4.98 Å². The molecule has 3 nitrogen and oxygen atoms in total. The van der Waals surface area contributed by atoms with E-state index in [1.807, 2.05) is 26.8 Å². The summed E-state index contributed by atoms with van der Waals surface area (Å²) in [6.07, 6.45) is -4.61. The van der Waals surface area contributed by atoms with Gasteiger partial charge in [0.05, 0.1) is 0 Å². The lowest BCUT2D eigenvalue weighted by molar-refractivity contribution is -0.141. The maximum atomic E-state index is 12.7.